The molecule has 2 rings (SSSR count). The quantitative estimate of drug-likeness (QED) is 0.732. The van der Waals surface area contributed by atoms with E-state index in [4.69, 9.17) is 21.8 Å². The van der Waals surface area contributed by atoms with Crippen molar-refractivity contribution in [3.8, 4) is 0 Å². The normalized spacial score (nSPS) is 12.2. The maximum atomic E-state index is 9.55. The average molecular weight is 329 g/mol. The van der Waals surface area contributed by atoms with Gasteiger partial charge in [0.15, 0.2) is 0 Å². The molecule has 0 atom stereocenters. The van der Waals surface area contributed by atoms with Gasteiger partial charge in [0.2, 0.25) is 0 Å². The van der Waals surface area contributed by atoms with Gasteiger partial charge >= 0.3 is 11.9 Å². The Morgan fingerprint density at radius 3 is 2.36 bits per heavy atom. The molecule has 1 aliphatic rings. The molecule has 0 amide bonds. The fourth-order valence-corrected chi connectivity index (χ4v) is 2.23. The summed E-state index contributed by atoms with van der Waals surface area (Å²) in [7, 11) is 0. The van der Waals surface area contributed by atoms with Crippen LogP contribution in [-0.4, -0.2) is 35.2 Å². The number of halogens is 1. The fourth-order valence-electron chi connectivity index (χ4n) is 2.06. The van der Waals surface area contributed by atoms with E-state index in [-0.39, 0.29) is 6.15 Å². The number of fused-ring (bicyclic) bond motifs is 1. The van der Waals surface area contributed by atoms with Crippen molar-refractivity contribution in [1.82, 2.24) is 6.15 Å². The molecule has 0 aliphatic carbocycles. The van der Waals surface area contributed by atoms with Crippen LogP contribution in [0.3, 0.4) is 0 Å². The topological polar surface area (TPSA) is 113 Å². The molecular weight excluding hydrogens is 308 g/mol. The van der Waals surface area contributed by atoms with Crippen LogP contribution in [0.1, 0.15) is 18.9 Å². The molecule has 0 bridgehead atoms. The molecule has 1 aromatic rings. The molecule has 5 N–H and O–H groups in total. The third-order valence-electron chi connectivity index (χ3n) is 2.90. The summed E-state index contributed by atoms with van der Waals surface area (Å²) in [5.41, 5.74) is 2.78. The highest BCUT2D eigenvalue weighted by atomic mass is 35.5. The van der Waals surface area contributed by atoms with Crippen LogP contribution < -0.4 is 11.1 Å². The summed E-state index contributed by atoms with van der Waals surface area (Å²) in [5.74, 6) is -2.51. The van der Waals surface area contributed by atoms with E-state index in [0.717, 1.165) is 18.1 Å². The second-order valence-corrected chi connectivity index (χ2v) is 4.96. The van der Waals surface area contributed by atoms with Crippen LogP contribution in [0, 0.1) is 0 Å². The van der Waals surface area contributed by atoms with Crippen molar-refractivity contribution in [1.29, 1.82) is 0 Å². The van der Waals surface area contributed by atoms with Gasteiger partial charge in [-0.3, -0.25) is 0 Å². The molecule has 0 saturated heterocycles. The van der Waals surface area contributed by atoms with Crippen molar-refractivity contribution in [2.24, 2.45) is 0 Å². The van der Waals surface area contributed by atoms with Gasteiger partial charge < -0.3 is 21.3 Å². The number of carboxylic acids is 2. The third kappa shape index (κ3) is 6.60. The van der Waals surface area contributed by atoms with Crippen LogP contribution in [0.2, 0.25) is 5.02 Å². The molecule has 0 radical (unpaired) electrons. The van der Waals surface area contributed by atoms with Gasteiger partial charge in [-0.1, -0.05) is 24.6 Å². The number of nitrogens with zero attached hydrogens (tertiary/aromatic N) is 1. The molecule has 1 aliphatic heterocycles. The van der Waals surface area contributed by atoms with Gasteiger partial charge in [0.05, 0.1) is 0 Å². The molecule has 122 valence electrons. The van der Waals surface area contributed by atoms with Gasteiger partial charge in [0.25, 0.3) is 0 Å². The van der Waals surface area contributed by atoms with E-state index in [1.165, 1.54) is 24.1 Å². The van der Waals surface area contributed by atoms with Crippen molar-refractivity contribution in [2.45, 2.75) is 19.8 Å². The Kier molecular flexibility index (Phi) is 8.89. The zero-order chi connectivity index (χ0) is 15.8. The molecular formula is C15H21ClN2O4. The monoisotopic (exact) mass is 328 g/mol. The van der Waals surface area contributed by atoms with Crippen LogP contribution in [0.25, 0.3) is 0 Å². The summed E-state index contributed by atoms with van der Waals surface area (Å²) in [6.07, 6.45) is 3.49. The summed E-state index contributed by atoms with van der Waals surface area (Å²) >= 11 is 5.96. The van der Waals surface area contributed by atoms with Gasteiger partial charge in [-0.2, -0.15) is 0 Å². The van der Waals surface area contributed by atoms with Crippen LogP contribution in [0.15, 0.2) is 30.4 Å². The first-order valence-corrected chi connectivity index (χ1v) is 6.99. The SMILES string of the molecule is CCCN1CCc2ccc(Cl)cc21.N.O=C(O)C=CC(=O)O. The Bertz CT molecular complexity index is 528. The number of hydrogen-bond acceptors (Lipinski definition) is 4. The van der Waals surface area contributed by atoms with E-state index in [9.17, 15) is 9.59 Å². The van der Waals surface area contributed by atoms with Gasteiger partial charge in [-0.25, -0.2) is 9.59 Å². The van der Waals surface area contributed by atoms with Gasteiger partial charge in [-0.15, -0.1) is 0 Å². The number of anilines is 1. The molecule has 7 heteroatoms. The number of carbonyl (C=O) groups is 2. The van der Waals surface area contributed by atoms with Crippen LogP contribution >= 0.6 is 11.6 Å². The molecule has 6 nitrogen and oxygen atoms in total. The summed E-state index contributed by atoms with van der Waals surface area (Å²) < 4.78 is 0. The highest BCUT2D eigenvalue weighted by Gasteiger charge is 2.17. The Morgan fingerprint density at radius 2 is 1.86 bits per heavy atom. The summed E-state index contributed by atoms with van der Waals surface area (Å²) in [5, 5.41) is 16.5. The standard InChI is InChI=1S/C11H14ClN.C4H4O4.H3N/c1-2-6-13-7-5-9-3-4-10(12)8-11(9)13;5-3(6)1-2-4(7)8;/h3-4,8H,2,5-7H2,1H3;1-2H,(H,5,6)(H,7,8);1H3. The number of benzene rings is 1. The predicted octanol–water partition coefficient (Wildman–Crippen LogP) is 2.99. The lowest BCUT2D eigenvalue weighted by atomic mass is 10.2. The number of carboxylic acid groups (broad SMARTS) is 2. The van der Waals surface area contributed by atoms with Crippen molar-refractivity contribution in [3.63, 3.8) is 0 Å². The first kappa shape index (κ1) is 19.9. The molecule has 0 fully saturated rings. The van der Waals surface area contributed by atoms with E-state index in [1.54, 1.807) is 0 Å². The Morgan fingerprint density at radius 1 is 1.27 bits per heavy atom. The number of rotatable bonds is 4. The molecule has 0 aromatic heterocycles. The van der Waals surface area contributed by atoms with E-state index in [1.807, 2.05) is 6.07 Å². The minimum Gasteiger partial charge on any atom is -0.478 e. The van der Waals surface area contributed by atoms with Gasteiger partial charge in [0, 0.05) is 36.0 Å². The van der Waals surface area contributed by atoms with Crippen molar-refractivity contribution >= 4 is 29.2 Å². The third-order valence-corrected chi connectivity index (χ3v) is 3.14. The molecule has 0 unspecified atom stereocenters. The van der Waals surface area contributed by atoms with Crippen molar-refractivity contribution in [2.75, 3.05) is 18.0 Å². The molecule has 0 saturated carbocycles. The highest BCUT2D eigenvalue weighted by molar-refractivity contribution is 6.30. The molecule has 22 heavy (non-hydrogen) atoms. The maximum Gasteiger partial charge on any atom is 0.328 e. The summed E-state index contributed by atoms with van der Waals surface area (Å²) in [4.78, 5) is 21.5. The zero-order valence-electron chi connectivity index (χ0n) is 12.5. The van der Waals surface area contributed by atoms with Crippen LogP contribution in [0.5, 0.6) is 0 Å². The van der Waals surface area contributed by atoms with Gasteiger partial charge in [0.1, 0.15) is 0 Å². The predicted molar refractivity (Wildman–Crippen MR) is 87.1 cm³/mol. The zero-order valence-corrected chi connectivity index (χ0v) is 13.2. The summed E-state index contributed by atoms with van der Waals surface area (Å²) in [6.45, 7) is 4.51. The Hall–Kier alpha value is -2.05. The maximum absolute atomic E-state index is 9.55. The smallest absolute Gasteiger partial charge is 0.328 e. The van der Waals surface area contributed by atoms with Crippen LogP contribution in [-0.2, 0) is 16.0 Å². The lowest BCUT2D eigenvalue weighted by molar-refractivity contribution is -0.134. The number of aliphatic carboxylic acids is 2. The van der Waals surface area contributed by atoms with Gasteiger partial charge in [-0.05, 0) is 30.5 Å². The first-order chi connectivity index (χ1) is 9.93. The second kappa shape index (κ2) is 9.81. The second-order valence-electron chi connectivity index (χ2n) is 4.52. The van der Waals surface area contributed by atoms with E-state index >= 15 is 0 Å². The summed E-state index contributed by atoms with van der Waals surface area (Å²) in [6, 6.07) is 6.21. The van der Waals surface area contributed by atoms with Crippen molar-refractivity contribution in [3.05, 3.63) is 40.9 Å². The lowest BCUT2D eigenvalue weighted by Gasteiger charge is -2.18. The lowest BCUT2D eigenvalue weighted by Crippen LogP contribution is -2.20. The fraction of sp³-hybridized carbons (Fsp3) is 0.333. The Balaban J connectivity index is 0.000000432. The highest BCUT2D eigenvalue weighted by Crippen LogP contribution is 2.30. The molecule has 1 heterocycles. The Labute approximate surface area is 134 Å². The van der Waals surface area contributed by atoms with Crippen LogP contribution in [0.4, 0.5) is 5.69 Å². The minimum absolute atomic E-state index is 0. The minimum atomic E-state index is -1.26. The molecule has 0 spiro atoms. The molecule has 1 aromatic carbocycles. The van der Waals surface area contributed by atoms with Crippen molar-refractivity contribution < 1.29 is 19.8 Å². The number of hydrogen-bond donors (Lipinski definition) is 3. The van der Waals surface area contributed by atoms with E-state index in [2.05, 4.69) is 24.0 Å². The van der Waals surface area contributed by atoms with E-state index in [0.29, 0.717) is 12.2 Å². The average Bonchev–Trinajstić information content (AvgIpc) is 2.80. The first-order valence-electron chi connectivity index (χ1n) is 6.61. The largest absolute Gasteiger partial charge is 0.478 e. The van der Waals surface area contributed by atoms with E-state index < -0.39 is 11.9 Å².